The van der Waals surface area contributed by atoms with Crippen LogP contribution in [-0.4, -0.2) is 20.7 Å². The average molecular weight is 387 g/mol. The van der Waals surface area contributed by atoms with Gasteiger partial charge in [0.1, 0.15) is 18.1 Å². The van der Waals surface area contributed by atoms with Gasteiger partial charge < -0.3 is 9.26 Å². The van der Waals surface area contributed by atoms with Gasteiger partial charge in [-0.25, -0.2) is 9.78 Å². The van der Waals surface area contributed by atoms with E-state index in [1.165, 1.54) is 0 Å². The standard InChI is InChI=1S/C22H17N3O4/c26-21-17-9-8-15(11-18(17)23-20-7-4-10-25(20)21)22(27)28-13-16-12-19(29-24-16)14-5-2-1-3-6-14/h1-3,5-6,8-9,11-12H,4,7,10,13H2. The fourth-order valence-corrected chi connectivity index (χ4v) is 3.55. The first-order chi connectivity index (χ1) is 14.2. The molecule has 0 N–H and O–H groups in total. The molecule has 0 unspecified atom stereocenters. The molecule has 0 bridgehead atoms. The van der Waals surface area contributed by atoms with Crippen molar-refractivity contribution >= 4 is 16.9 Å². The molecule has 2 aromatic carbocycles. The van der Waals surface area contributed by atoms with E-state index < -0.39 is 5.97 Å². The Morgan fingerprint density at radius 1 is 1.14 bits per heavy atom. The SMILES string of the molecule is O=C(OCc1cc(-c2ccccc2)on1)c1ccc2c(=O)n3c(nc2c1)CCC3. The highest BCUT2D eigenvalue weighted by Crippen LogP contribution is 2.21. The fraction of sp³-hybridized carbons (Fsp3) is 0.182. The van der Waals surface area contributed by atoms with E-state index >= 15 is 0 Å². The van der Waals surface area contributed by atoms with Crippen LogP contribution in [-0.2, 0) is 24.3 Å². The number of rotatable bonds is 4. The Morgan fingerprint density at radius 3 is 2.86 bits per heavy atom. The Morgan fingerprint density at radius 2 is 2.00 bits per heavy atom. The van der Waals surface area contributed by atoms with Gasteiger partial charge in [0, 0.05) is 24.6 Å². The van der Waals surface area contributed by atoms with Crippen LogP contribution in [0.1, 0.15) is 28.3 Å². The average Bonchev–Trinajstić information content (AvgIpc) is 3.42. The van der Waals surface area contributed by atoms with Gasteiger partial charge in [0.2, 0.25) is 0 Å². The molecule has 0 spiro atoms. The Hall–Kier alpha value is -3.74. The van der Waals surface area contributed by atoms with Crippen molar-refractivity contribution in [1.29, 1.82) is 0 Å². The number of hydrogen-bond donors (Lipinski definition) is 0. The molecular weight excluding hydrogens is 370 g/mol. The molecule has 4 aromatic rings. The van der Waals surface area contributed by atoms with Crippen LogP contribution in [0.4, 0.5) is 0 Å². The van der Waals surface area contributed by atoms with Gasteiger partial charge in [0.05, 0.1) is 16.5 Å². The molecule has 144 valence electrons. The number of aryl methyl sites for hydroxylation is 1. The van der Waals surface area contributed by atoms with E-state index in [0.717, 1.165) is 24.2 Å². The molecule has 0 aliphatic carbocycles. The molecule has 3 heterocycles. The molecule has 1 aliphatic heterocycles. The second-order valence-electron chi connectivity index (χ2n) is 6.94. The largest absolute Gasteiger partial charge is 0.455 e. The van der Waals surface area contributed by atoms with Gasteiger partial charge in [-0.3, -0.25) is 9.36 Å². The second-order valence-corrected chi connectivity index (χ2v) is 6.94. The van der Waals surface area contributed by atoms with E-state index in [1.54, 1.807) is 28.8 Å². The summed E-state index contributed by atoms with van der Waals surface area (Å²) in [4.78, 5) is 29.5. The Balaban J connectivity index is 1.34. The van der Waals surface area contributed by atoms with Crippen molar-refractivity contribution in [2.45, 2.75) is 26.0 Å². The first-order valence-electron chi connectivity index (χ1n) is 9.41. The summed E-state index contributed by atoms with van der Waals surface area (Å²) in [6.07, 6.45) is 1.69. The molecule has 0 saturated heterocycles. The lowest BCUT2D eigenvalue weighted by atomic mass is 10.1. The topological polar surface area (TPSA) is 87.2 Å². The van der Waals surface area contributed by atoms with Crippen LogP contribution >= 0.6 is 0 Å². The summed E-state index contributed by atoms with van der Waals surface area (Å²) in [5, 5.41) is 4.46. The maximum absolute atomic E-state index is 12.5. The smallest absolute Gasteiger partial charge is 0.338 e. The van der Waals surface area contributed by atoms with Crippen LogP contribution in [0.5, 0.6) is 0 Å². The predicted molar refractivity (Wildman–Crippen MR) is 105 cm³/mol. The normalized spacial score (nSPS) is 12.8. The molecule has 7 nitrogen and oxygen atoms in total. The van der Waals surface area contributed by atoms with Gasteiger partial charge in [-0.15, -0.1) is 0 Å². The lowest BCUT2D eigenvalue weighted by molar-refractivity contribution is 0.0464. The number of hydrogen-bond acceptors (Lipinski definition) is 6. The van der Waals surface area contributed by atoms with Crippen LogP contribution < -0.4 is 5.56 Å². The quantitative estimate of drug-likeness (QED) is 0.499. The third-order valence-electron chi connectivity index (χ3n) is 5.02. The van der Waals surface area contributed by atoms with Crippen LogP contribution in [0, 0.1) is 0 Å². The number of carbonyl (C=O) groups is 1. The summed E-state index contributed by atoms with van der Waals surface area (Å²) in [5.74, 6) is 0.878. The maximum atomic E-state index is 12.5. The molecule has 7 heteroatoms. The van der Waals surface area contributed by atoms with Crippen LogP contribution in [0.3, 0.4) is 0 Å². The minimum Gasteiger partial charge on any atom is -0.455 e. The summed E-state index contributed by atoms with van der Waals surface area (Å²) in [6.45, 7) is 0.692. The fourth-order valence-electron chi connectivity index (χ4n) is 3.55. The highest BCUT2D eigenvalue weighted by molar-refractivity contribution is 5.94. The number of fused-ring (bicyclic) bond motifs is 2. The molecular formula is C22H17N3O4. The van der Waals surface area contributed by atoms with Crippen molar-refractivity contribution in [3.8, 4) is 11.3 Å². The monoisotopic (exact) mass is 387 g/mol. The lowest BCUT2D eigenvalue weighted by Gasteiger charge is -2.07. The minimum atomic E-state index is -0.501. The summed E-state index contributed by atoms with van der Waals surface area (Å²) in [7, 11) is 0. The summed E-state index contributed by atoms with van der Waals surface area (Å²) in [5.41, 5.74) is 2.23. The minimum absolute atomic E-state index is 0.00647. The second kappa shape index (κ2) is 7.01. The van der Waals surface area contributed by atoms with Crippen molar-refractivity contribution in [3.63, 3.8) is 0 Å². The first-order valence-corrected chi connectivity index (χ1v) is 9.41. The van der Waals surface area contributed by atoms with Crippen molar-refractivity contribution in [1.82, 2.24) is 14.7 Å². The highest BCUT2D eigenvalue weighted by Gasteiger charge is 2.18. The van der Waals surface area contributed by atoms with Gasteiger partial charge in [-0.1, -0.05) is 35.5 Å². The zero-order valence-corrected chi connectivity index (χ0v) is 15.5. The Labute approximate surface area is 165 Å². The van der Waals surface area contributed by atoms with E-state index in [0.29, 0.717) is 34.5 Å². The zero-order valence-electron chi connectivity index (χ0n) is 15.5. The number of ether oxygens (including phenoxy) is 1. The van der Waals surface area contributed by atoms with Gasteiger partial charge in [-0.2, -0.15) is 0 Å². The van der Waals surface area contributed by atoms with Gasteiger partial charge in [0.25, 0.3) is 5.56 Å². The molecule has 0 atom stereocenters. The Bertz CT molecular complexity index is 1270. The zero-order chi connectivity index (χ0) is 19.8. The Kier molecular flexibility index (Phi) is 4.20. The van der Waals surface area contributed by atoms with Gasteiger partial charge >= 0.3 is 5.97 Å². The van der Waals surface area contributed by atoms with E-state index in [9.17, 15) is 9.59 Å². The van der Waals surface area contributed by atoms with Crippen LogP contribution in [0.15, 0.2) is 63.9 Å². The maximum Gasteiger partial charge on any atom is 0.338 e. The van der Waals surface area contributed by atoms with E-state index in [4.69, 9.17) is 9.26 Å². The molecule has 29 heavy (non-hydrogen) atoms. The summed E-state index contributed by atoms with van der Waals surface area (Å²) < 4.78 is 12.4. The molecule has 5 rings (SSSR count). The molecule has 1 aliphatic rings. The van der Waals surface area contributed by atoms with Crippen molar-refractivity contribution < 1.29 is 14.1 Å². The molecule has 0 fully saturated rings. The molecule has 0 saturated carbocycles. The van der Waals surface area contributed by atoms with E-state index in [-0.39, 0.29) is 12.2 Å². The van der Waals surface area contributed by atoms with Crippen molar-refractivity contribution in [3.05, 3.63) is 82.0 Å². The highest BCUT2D eigenvalue weighted by atomic mass is 16.5. The molecule has 2 aromatic heterocycles. The van der Waals surface area contributed by atoms with Gasteiger partial charge in [0.15, 0.2) is 5.76 Å². The number of aromatic nitrogens is 3. The summed E-state index contributed by atoms with van der Waals surface area (Å²) >= 11 is 0. The van der Waals surface area contributed by atoms with Crippen LogP contribution in [0.2, 0.25) is 0 Å². The number of carbonyl (C=O) groups excluding carboxylic acids is 1. The lowest BCUT2D eigenvalue weighted by Crippen LogP contribution is -2.21. The van der Waals surface area contributed by atoms with E-state index in [2.05, 4.69) is 10.1 Å². The predicted octanol–water partition coefficient (Wildman–Crippen LogP) is 3.35. The third kappa shape index (κ3) is 3.20. The van der Waals surface area contributed by atoms with Crippen molar-refractivity contribution in [2.75, 3.05) is 0 Å². The van der Waals surface area contributed by atoms with Crippen molar-refractivity contribution in [2.24, 2.45) is 0 Å². The summed E-state index contributed by atoms with van der Waals surface area (Å²) in [6, 6.07) is 16.1. The number of esters is 1. The van der Waals surface area contributed by atoms with Gasteiger partial charge in [-0.05, 0) is 24.6 Å². The number of benzene rings is 2. The van der Waals surface area contributed by atoms with Crippen LogP contribution in [0.25, 0.3) is 22.2 Å². The molecule has 0 amide bonds. The third-order valence-corrected chi connectivity index (χ3v) is 5.02. The number of nitrogens with zero attached hydrogens (tertiary/aromatic N) is 3. The first kappa shape index (κ1) is 17.4. The molecule has 0 radical (unpaired) electrons. The van der Waals surface area contributed by atoms with E-state index in [1.807, 2.05) is 30.3 Å².